The first-order valence-corrected chi connectivity index (χ1v) is 9.94. The molecule has 1 aromatic heterocycles. The van der Waals surface area contributed by atoms with Gasteiger partial charge in [-0.3, -0.25) is 4.79 Å². The predicted octanol–water partition coefficient (Wildman–Crippen LogP) is 3.99. The van der Waals surface area contributed by atoms with Crippen molar-refractivity contribution in [3.63, 3.8) is 0 Å². The van der Waals surface area contributed by atoms with Crippen LogP contribution in [0, 0.1) is 5.92 Å². The van der Waals surface area contributed by atoms with E-state index in [0.717, 1.165) is 6.42 Å². The van der Waals surface area contributed by atoms with Crippen molar-refractivity contribution < 1.29 is 9.47 Å². The molecule has 0 aliphatic carbocycles. The summed E-state index contributed by atoms with van der Waals surface area (Å²) in [6.07, 6.45) is 1.02. The molecule has 3 rings (SSSR count). The number of benzene rings is 2. The molecule has 0 saturated carbocycles. The van der Waals surface area contributed by atoms with Gasteiger partial charge in [0.15, 0.2) is 11.5 Å². The van der Waals surface area contributed by atoms with Crippen LogP contribution in [0.2, 0.25) is 0 Å². The number of hydrogen-bond donors (Lipinski definition) is 2. The van der Waals surface area contributed by atoms with Crippen LogP contribution in [-0.4, -0.2) is 24.2 Å². The summed E-state index contributed by atoms with van der Waals surface area (Å²) in [7, 11) is 3.11. The molecule has 0 amide bonds. The van der Waals surface area contributed by atoms with Crippen LogP contribution in [0.4, 0.5) is 0 Å². The minimum Gasteiger partial charge on any atom is -0.493 e. The van der Waals surface area contributed by atoms with E-state index >= 15 is 0 Å². The van der Waals surface area contributed by atoms with Crippen molar-refractivity contribution in [3.05, 3.63) is 63.7 Å². The number of rotatable bonds is 8. The second-order valence-electron chi connectivity index (χ2n) is 7.43. The third-order valence-corrected chi connectivity index (χ3v) is 5.16. The Morgan fingerprint density at radius 1 is 1.07 bits per heavy atom. The number of aromatic nitrogens is 2. The summed E-state index contributed by atoms with van der Waals surface area (Å²) in [4.78, 5) is 20.1. The molecule has 1 heterocycles. The molecule has 6 heteroatoms. The molecule has 0 radical (unpaired) electrons. The first-order valence-electron chi connectivity index (χ1n) is 9.94. The van der Waals surface area contributed by atoms with Gasteiger partial charge in [-0.2, -0.15) is 0 Å². The van der Waals surface area contributed by atoms with Gasteiger partial charge >= 0.3 is 0 Å². The number of hydrogen-bond acceptors (Lipinski definition) is 5. The van der Waals surface area contributed by atoms with Gasteiger partial charge in [0.25, 0.3) is 5.56 Å². The van der Waals surface area contributed by atoms with Crippen molar-refractivity contribution in [1.82, 2.24) is 15.3 Å². The molecule has 0 aliphatic rings. The van der Waals surface area contributed by atoms with Crippen LogP contribution in [0.5, 0.6) is 11.5 Å². The van der Waals surface area contributed by atoms with E-state index < -0.39 is 0 Å². The smallest absolute Gasteiger partial charge is 0.258 e. The Hall–Kier alpha value is -2.86. The fourth-order valence-corrected chi connectivity index (χ4v) is 3.50. The van der Waals surface area contributed by atoms with Crippen LogP contribution >= 0.6 is 0 Å². The molecule has 29 heavy (non-hydrogen) atoms. The average Bonchev–Trinajstić information content (AvgIpc) is 2.73. The SMILES string of the molecule is CCc1ccc([C@@H](NCc2nc3cc(OC)c(OC)cc3c(=O)[nH]2)C(C)C)cc1. The molecule has 0 unspecified atom stereocenters. The largest absolute Gasteiger partial charge is 0.493 e. The van der Waals surface area contributed by atoms with E-state index in [-0.39, 0.29) is 11.6 Å². The Balaban J connectivity index is 1.86. The van der Waals surface area contributed by atoms with Crippen LogP contribution in [-0.2, 0) is 13.0 Å². The third-order valence-electron chi connectivity index (χ3n) is 5.16. The summed E-state index contributed by atoms with van der Waals surface area (Å²) in [6, 6.07) is 12.2. The van der Waals surface area contributed by atoms with Crippen molar-refractivity contribution in [2.75, 3.05) is 14.2 Å². The molecular weight excluding hydrogens is 366 g/mol. The number of aryl methyl sites for hydroxylation is 1. The quantitative estimate of drug-likeness (QED) is 0.603. The maximum atomic E-state index is 12.6. The molecule has 6 nitrogen and oxygen atoms in total. The Morgan fingerprint density at radius 2 is 1.72 bits per heavy atom. The topological polar surface area (TPSA) is 76.2 Å². The van der Waals surface area contributed by atoms with Gasteiger partial charge in [0.05, 0.1) is 31.7 Å². The molecule has 1 atom stereocenters. The molecule has 0 bridgehead atoms. The van der Waals surface area contributed by atoms with E-state index in [1.54, 1.807) is 26.4 Å². The molecule has 0 spiro atoms. The lowest BCUT2D eigenvalue weighted by Gasteiger charge is -2.23. The van der Waals surface area contributed by atoms with E-state index in [9.17, 15) is 4.79 Å². The third kappa shape index (κ3) is 4.59. The number of nitrogens with zero attached hydrogens (tertiary/aromatic N) is 1. The minimum atomic E-state index is -0.193. The van der Waals surface area contributed by atoms with E-state index in [0.29, 0.717) is 40.7 Å². The fraction of sp³-hybridized carbons (Fsp3) is 0.391. The highest BCUT2D eigenvalue weighted by molar-refractivity contribution is 5.81. The second kappa shape index (κ2) is 9.09. The van der Waals surface area contributed by atoms with E-state index in [1.165, 1.54) is 11.1 Å². The van der Waals surface area contributed by atoms with Crippen molar-refractivity contribution in [2.45, 2.75) is 39.8 Å². The van der Waals surface area contributed by atoms with Crippen LogP contribution in [0.1, 0.15) is 43.8 Å². The second-order valence-corrected chi connectivity index (χ2v) is 7.43. The van der Waals surface area contributed by atoms with Gasteiger partial charge < -0.3 is 19.8 Å². The molecule has 0 aliphatic heterocycles. The van der Waals surface area contributed by atoms with Gasteiger partial charge in [-0.1, -0.05) is 45.0 Å². The Morgan fingerprint density at radius 3 is 2.31 bits per heavy atom. The monoisotopic (exact) mass is 395 g/mol. The van der Waals surface area contributed by atoms with Gasteiger partial charge in [-0.15, -0.1) is 0 Å². The van der Waals surface area contributed by atoms with Crippen molar-refractivity contribution in [2.24, 2.45) is 5.92 Å². The van der Waals surface area contributed by atoms with Crippen molar-refractivity contribution >= 4 is 10.9 Å². The van der Waals surface area contributed by atoms with Crippen LogP contribution in [0.3, 0.4) is 0 Å². The maximum absolute atomic E-state index is 12.6. The summed E-state index contributed by atoms with van der Waals surface area (Å²) >= 11 is 0. The molecule has 2 aromatic carbocycles. The normalized spacial score (nSPS) is 12.3. The summed E-state index contributed by atoms with van der Waals surface area (Å²) < 4.78 is 10.6. The zero-order chi connectivity index (χ0) is 21.0. The lowest BCUT2D eigenvalue weighted by atomic mass is 9.95. The Labute approximate surface area is 171 Å². The number of ether oxygens (including phenoxy) is 2. The van der Waals surface area contributed by atoms with Crippen LogP contribution in [0.25, 0.3) is 10.9 Å². The van der Waals surface area contributed by atoms with Gasteiger partial charge in [-0.25, -0.2) is 4.98 Å². The summed E-state index contributed by atoms with van der Waals surface area (Å²) in [5.74, 6) is 2.03. The first kappa shape index (κ1) is 20.9. The van der Waals surface area contributed by atoms with Gasteiger partial charge in [-0.05, 0) is 29.5 Å². The number of fused-ring (bicyclic) bond motifs is 1. The maximum Gasteiger partial charge on any atom is 0.258 e. The van der Waals surface area contributed by atoms with Gasteiger partial charge in [0.1, 0.15) is 5.82 Å². The highest BCUT2D eigenvalue weighted by atomic mass is 16.5. The van der Waals surface area contributed by atoms with E-state index in [2.05, 4.69) is 60.3 Å². The highest BCUT2D eigenvalue weighted by Gasteiger charge is 2.17. The zero-order valence-corrected chi connectivity index (χ0v) is 17.7. The number of nitrogens with one attached hydrogen (secondary N) is 2. The highest BCUT2D eigenvalue weighted by Crippen LogP contribution is 2.30. The Kier molecular flexibility index (Phi) is 6.54. The lowest BCUT2D eigenvalue weighted by Crippen LogP contribution is -2.27. The first-order chi connectivity index (χ1) is 14.0. The number of aromatic amines is 1. The number of methoxy groups -OCH3 is 2. The Bertz CT molecular complexity index is 1030. The van der Waals surface area contributed by atoms with Crippen LogP contribution < -0.4 is 20.3 Å². The predicted molar refractivity (Wildman–Crippen MR) is 116 cm³/mol. The average molecular weight is 396 g/mol. The lowest BCUT2D eigenvalue weighted by molar-refractivity contribution is 0.355. The summed E-state index contributed by atoms with van der Waals surface area (Å²) in [6.45, 7) is 6.97. The number of H-pyrrole nitrogens is 1. The van der Waals surface area contributed by atoms with Crippen molar-refractivity contribution in [1.29, 1.82) is 0 Å². The van der Waals surface area contributed by atoms with Gasteiger partial charge in [0, 0.05) is 12.1 Å². The van der Waals surface area contributed by atoms with Gasteiger partial charge in [0.2, 0.25) is 0 Å². The minimum absolute atomic E-state index is 0.160. The van der Waals surface area contributed by atoms with Crippen LogP contribution in [0.15, 0.2) is 41.2 Å². The summed E-state index contributed by atoms with van der Waals surface area (Å²) in [5.41, 5.74) is 2.94. The molecule has 2 N–H and O–H groups in total. The molecule has 0 saturated heterocycles. The molecule has 3 aromatic rings. The molecule has 0 fully saturated rings. The zero-order valence-electron chi connectivity index (χ0n) is 17.7. The molecule has 154 valence electrons. The standard InChI is InChI=1S/C23H29N3O3/c1-6-15-7-9-16(10-8-15)22(14(2)3)24-13-21-25-18-12-20(29-5)19(28-4)11-17(18)23(27)26-21/h7-12,14,22,24H,6,13H2,1-5H3,(H,25,26,27)/t22-/m0/s1. The van der Waals surface area contributed by atoms with Crippen molar-refractivity contribution in [3.8, 4) is 11.5 Å². The molecular formula is C23H29N3O3. The van der Waals surface area contributed by atoms with E-state index in [4.69, 9.17) is 9.47 Å². The summed E-state index contributed by atoms with van der Waals surface area (Å²) in [5, 5.41) is 4.02. The van der Waals surface area contributed by atoms with E-state index in [1.807, 2.05) is 0 Å². The fourth-order valence-electron chi connectivity index (χ4n) is 3.50.